The van der Waals surface area contributed by atoms with Crippen molar-refractivity contribution in [2.75, 3.05) is 31.1 Å². The summed E-state index contributed by atoms with van der Waals surface area (Å²) < 4.78 is 15.0. The van der Waals surface area contributed by atoms with Gasteiger partial charge in [-0.1, -0.05) is 30.3 Å². The van der Waals surface area contributed by atoms with E-state index >= 15 is 0 Å². The van der Waals surface area contributed by atoms with E-state index in [-0.39, 0.29) is 11.7 Å². The van der Waals surface area contributed by atoms with E-state index in [4.69, 9.17) is 5.73 Å². The van der Waals surface area contributed by atoms with Gasteiger partial charge in [-0.3, -0.25) is 9.69 Å². The third-order valence-corrected chi connectivity index (χ3v) is 5.78. The van der Waals surface area contributed by atoms with Gasteiger partial charge in [0.05, 0.1) is 17.3 Å². The second-order valence-electron chi connectivity index (χ2n) is 7.71. The van der Waals surface area contributed by atoms with Crippen LogP contribution in [0.4, 0.5) is 10.2 Å². The number of fused-ring (bicyclic) bond motifs is 1. The van der Waals surface area contributed by atoms with E-state index in [9.17, 15) is 9.18 Å². The van der Waals surface area contributed by atoms with Gasteiger partial charge >= 0.3 is 0 Å². The Kier molecular flexibility index (Phi) is 5.24. The lowest BCUT2D eigenvalue weighted by Gasteiger charge is -2.38. The van der Waals surface area contributed by atoms with Gasteiger partial charge in [-0.2, -0.15) is 5.10 Å². The molecule has 1 fully saturated rings. The fourth-order valence-electron chi connectivity index (χ4n) is 4.24. The molecule has 4 aromatic rings. The first-order chi connectivity index (χ1) is 15.6. The van der Waals surface area contributed by atoms with Crippen molar-refractivity contribution < 1.29 is 9.18 Å². The van der Waals surface area contributed by atoms with E-state index in [0.717, 1.165) is 22.5 Å². The lowest BCUT2D eigenvalue weighted by atomic mass is 10.0. The third-order valence-electron chi connectivity index (χ3n) is 5.78. The Bertz CT molecular complexity index is 1230. The molecule has 0 aliphatic carbocycles. The average molecular weight is 431 g/mol. The molecule has 0 spiro atoms. The summed E-state index contributed by atoms with van der Waals surface area (Å²) in [7, 11) is 0. The van der Waals surface area contributed by atoms with Gasteiger partial charge in [-0.05, 0) is 29.8 Å². The number of carbonyl (C=O) groups excluding carboxylic acids is 1. The van der Waals surface area contributed by atoms with Crippen LogP contribution in [0.2, 0.25) is 0 Å². The second kappa shape index (κ2) is 8.35. The van der Waals surface area contributed by atoms with Gasteiger partial charge in [0.15, 0.2) is 5.65 Å². The molecule has 0 unspecified atom stereocenters. The molecule has 3 heterocycles. The highest BCUT2D eigenvalue weighted by atomic mass is 19.1. The molecule has 1 aliphatic rings. The van der Waals surface area contributed by atoms with Crippen molar-refractivity contribution in [1.29, 1.82) is 0 Å². The van der Waals surface area contributed by atoms with Gasteiger partial charge in [0.1, 0.15) is 24.0 Å². The number of piperazine rings is 1. The molecule has 0 radical (unpaired) electrons. The van der Waals surface area contributed by atoms with Crippen LogP contribution in [0, 0.1) is 5.82 Å². The van der Waals surface area contributed by atoms with E-state index < -0.39 is 6.04 Å². The Morgan fingerprint density at radius 2 is 1.69 bits per heavy atom. The van der Waals surface area contributed by atoms with E-state index in [1.54, 1.807) is 23.0 Å². The predicted molar refractivity (Wildman–Crippen MR) is 119 cm³/mol. The Morgan fingerprint density at radius 1 is 0.969 bits per heavy atom. The van der Waals surface area contributed by atoms with Gasteiger partial charge in [0, 0.05) is 26.2 Å². The van der Waals surface area contributed by atoms with Crippen molar-refractivity contribution in [2.24, 2.45) is 5.73 Å². The molecule has 5 rings (SSSR count). The number of anilines is 1. The maximum absolute atomic E-state index is 13.3. The number of amides is 1. The molecule has 2 aromatic heterocycles. The molecule has 1 saturated heterocycles. The quantitative estimate of drug-likeness (QED) is 0.521. The van der Waals surface area contributed by atoms with Crippen molar-refractivity contribution >= 4 is 22.8 Å². The molecule has 162 valence electrons. The Hall–Kier alpha value is -3.85. The first-order valence-electron chi connectivity index (χ1n) is 10.4. The first-order valence-corrected chi connectivity index (χ1v) is 10.4. The largest absolute Gasteiger partial charge is 0.368 e. The van der Waals surface area contributed by atoms with Crippen molar-refractivity contribution in [3.63, 3.8) is 0 Å². The monoisotopic (exact) mass is 431 g/mol. The fraction of sp³-hybridized carbons (Fsp3) is 0.217. The Morgan fingerprint density at radius 3 is 2.38 bits per heavy atom. The summed E-state index contributed by atoms with van der Waals surface area (Å²) >= 11 is 0. The SMILES string of the molecule is NC(=O)[C@@H](c1ccccc1)N1CCN(c2ncnc3c2cnn3-c2ccc(F)cc2)CC1. The normalized spacial score (nSPS) is 15.7. The molecule has 0 bridgehead atoms. The molecule has 2 aromatic carbocycles. The maximum Gasteiger partial charge on any atom is 0.239 e. The molecule has 32 heavy (non-hydrogen) atoms. The Balaban J connectivity index is 1.38. The molecular weight excluding hydrogens is 409 g/mol. The van der Waals surface area contributed by atoms with Crippen LogP contribution in [0.1, 0.15) is 11.6 Å². The van der Waals surface area contributed by atoms with Crippen LogP contribution in [0.15, 0.2) is 67.1 Å². The van der Waals surface area contributed by atoms with Gasteiger partial charge in [0.2, 0.25) is 5.91 Å². The highest BCUT2D eigenvalue weighted by molar-refractivity contribution is 5.87. The van der Waals surface area contributed by atoms with Crippen molar-refractivity contribution in [3.05, 3.63) is 78.5 Å². The fourth-order valence-corrected chi connectivity index (χ4v) is 4.24. The highest BCUT2D eigenvalue weighted by Gasteiger charge is 2.30. The minimum Gasteiger partial charge on any atom is -0.368 e. The lowest BCUT2D eigenvalue weighted by molar-refractivity contribution is -0.123. The lowest BCUT2D eigenvalue weighted by Crippen LogP contribution is -2.50. The molecule has 1 atom stereocenters. The van der Waals surface area contributed by atoms with E-state index in [2.05, 4.69) is 24.9 Å². The molecule has 0 saturated carbocycles. The van der Waals surface area contributed by atoms with Crippen LogP contribution in [0.25, 0.3) is 16.7 Å². The molecule has 1 amide bonds. The van der Waals surface area contributed by atoms with E-state index in [1.165, 1.54) is 18.5 Å². The molecule has 9 heteroatoms. The van der Waals surface area contributed by atoms with Crippen LogP contribution in [0.5, 0.6) is 0 Å². The standard InChI is InChI=1S/C23H22FN7O/c24-17-6-8-18(9-7-17)31-23-19(14-28-31)22(26-15-27-23)30-12-10-29(11-13-30)20(21(25)32)16-4-2-1-3-5-16/h1-9,14-15,20H,10-13H2,(H2,25,32)/t20-/m1/s1. The van der Waals surface area contributed by atoms with Crippen LogP contribution in [0.3, 0.4) is 0 Å². The number of rotatable bonds is 5. The summed E-state index contributed by atoms with van der Waals surface area (Å²) in [5.74, 6) is 0.135. The number of benzene rings is 2. The van der Waals surface area contributed by atoms with Crippen molar-refractivity contribution in [3.8, 4) is 5.69 Å². The number of halogens is 1. The van der Waals surface area contributed by atoms with Crippen LogP contribution < -0.4 is 10.6 Å². The summed E-state index contributed by atoms with van der Waals surface area (Å²) in [6, 6.07) is 15.3. The zero-order valence-corrected chi connectivity index (χ0v) is 17.3. The number of primary amides is 1. The number of carbonyl (C=O) groups is 1. The minimum atomic E-state index is -0.454. The predicted octanol–water partition coefficient (Wildman–Crippen LogP) is 2.30. The van der Waals surface area contributed by atoms with Gasteiger partial charge in [-0.15, -0.1) is 0 Å². The average Bonchev–Trinajstić information content (AvgIpc) is 3.25. The summed E-state index contributed by atoms with van der Waals surface area (Å²) in [5.41, 5.74) is 8.02. The number of nitrogens with zero attached hydrogens (tertiary/aromatic N) is 6. The topological polar surface area (TPSA) is 93.2 Å². The number of hydrogen-bond donors (Lipinski definition) is 1. The molecular formula is C23H22FN7O. The zero-order chi connectivity index (χ0) is 22.1. The molecule has 8 nitrogen and oxygen atoms in total. The highest BCUT2D eigenvalue weighted by Crippen LogP contribution is 2.28. The summed E-state index contributed by atoms with van der Waals surface area (Å²) in [4.78, 5) is 25.4. The van der Waals surface area contributed by atoms with E-state index in [0.29, 0.717) is 31.8 Å². The van der Waals surface area contributed by atoms with Crippen molar-refractivity contribution in [2.45, 2.75) is 6.04 Å². The summed E-state index contributed by atoms with van der Waals surface area (Å²) in [5, 5.41) is 5.27. The first kappa shape index (κ1) is 20.1. The van der Waals surface area contributed by atoms with Crippen LogP contribution in [-0.4, -0.2) is 56.7 Å². The van der Waals surface area contributed by atoms with Gasteiger partial charge in [0.25, 0.3) is 0 Å². The molecule has 2 N–H and O–H groups in total. The summed E-state index contributed by atoms with van der Waals surface area (Å²) in [6.07, 6.45) is 3.25. The van der Waals surface area contributed by atoms with Crippen molar-refractivity contribution in [1.82, 2.24) is 24.6 Å². The van der Waals surface area contributed by atoms with Crippen LogP contribution in [-0.2, 0) is 4.79 Å². The number of aromatic nitrogens is 4. The minimum absolute atomic E-state index is 0.303. The Labute approximate surface area is 184 Å². The van der Waals surface area contributed by atoms with Crippen LogP contribution >= 0.6 is 0 Å². The molecule has 1 aliphatic heterocycles. The van der Waals surface area contributed by atoms with Gasteiger partial charge < -0.3 is 10.6 Å². The second-order valence-corrected chi connectivity index (χ2v) is 7.71. The van der Waals surface area contributed by atoms with E-state index in [1.807, 2.05) is 30.3 Å². The smallest absolute Gasteiger partial charge is 0.239 e. The number of nitrogens with two attached hydrogens (primary N) is 1. The zero-order valence-electron chi connectivity index (χ0n) is 17.3. The number of hydrogen-bond acceptors (Lipinski definition) is 6. The van der Waals surface area contributed by atoms with Gasteiger partial charge in [-0.25, -0.2) is 19.0 Å². The third kappa shape index (κ3) is 3.67. The maximum atomic E-state index is 13.3. The summed E-state index contributed by atoms with van der Waals surface area (Å²) in [6.45, 7) is 2.70.